The Morgan fingerprint density at radius 2 is 1.91 bits per heavy atom. The van der Waals surface area contributed by atoms with E-state index in [1.807, 2.05) is 0 Å². The third kappa shape index (κ3) is 3.56. The first-order valence-corrected chi connectivity index (χ1v) is 6.82. The van der Waals surface area contributed by atoms with Gasteiger partial charge >= 0.3 is 6.61 Å². The van der Waals surface area contributed by atoms with Crippen LogP contribution < -0.4 is 9.64 Å². The van der Waals surface area contributed by atoms with Crippen LogP contribution in [-0.4, -0.2) is 18.6 Å². The number of rotatable bonds is 5. The Morgan fingerprint density at radius 1 is 1.17 bits per heavy atom. The summed E-state index contributed by atoms with van der Waals surface area (Å²) in [6.07, 6.45) is 0. The van der Waals surface area contributed by atoms with E-state index < -0.39 is 6.61 Å². The monoisotopic (exact) mass is 322 g/mol. The molecule has 0 spiro atoms. The van der Waals surface area contributed by atoms with Crippen molar-refractivity contribution in [3.05, 3.63) is 53.8 Å². The van der Waals surface area contributed by atoms with Gasteiger partial charge in [-0.2, -0.15) is 13.8 Å². The Kier molecular flexibility index (Phi) is 4.10. The molecular weight excluding hydrogens is 309 g/mol. The Labute approximate surface area is 130 Å². The van der Waals surface area contributed by atoms with Gasteiger partial charge in [-0.3, -0.25) is 0 Å². The topological polar surface area (TPSA) is 38.5 Å². The average molecular weight is 322 g/mol. The highest BCUT2D eigenvalue weighted by molar-refractivity contribution is 5.74. The molecule has 3 aromatic rings. The smallest absolute Gasteiger partial charge is 0.387 e. The third-order valence-corrected chi connectivity index (χ3v) is 3.23. The zero-order chi connectivity index (χ0) is 16.4. The van der Waals surface area contributed by atoms with E-state index in [2.05, 4.69) is 9.72 Å². The van der Waals surface area contributed by atoms with Crippen LogP contribution in [0.25, 0.3) is 11.1 Å². The molecule has 4 nitrogen and oxygen atoms in total. The fourth-order valence-electron chi connectivity index (χ4n) is 2.17. The maximum Gasteiger partial charge on any atom is 0.387 e. The predicted octanol–water partition coefficient (Wildman–Crippen LogP) is 4.20. The van der Waals surface area contributed by atoms with Gasteiger partial charge in [0.25, 0.3) is 6.01 Å². The molecule has 0 radical (unpaired) electrons. The molecular formula is C16H13F3N2O2. The summed E-state index contributed by atoms with van der Waals surface area (Å²) in [5.74, 6) is -0.279. The Balaban J connectivity index is 1.73. The van der Waals surface area contributed by atoms with Gasteiger partial charge < -0.3 is 14.1 Å². The molecule has 7 heteroatoms. The summed E-state index contributed by atoms with van der Waals surface area (Å²) in [5, 5.41) is 0. The fraction of sp³-hybridized carbons (Fsp3) is 0.188. The highest BCUT2D eigenvalue weighted by atomic mass is 19.3. The number of alkyl halides is 2. The Bertz CT molecular complexity index is 803. The van der Waals surface area contributed by atoms with E-state index in [0.29, 0.717) is 23.7 Å². The summed E-state index contributed by atoms with van der Waals surface area (Å²) in [7, 11) is 1.77. The lowest BCUT2D eigenvalue weighted by Crippen LogP contribution is -2.16. The highest BCUT2D eigenvalue weighted by Gasteiger charge is 2.12. The van der Waals surface area contributed by atoms with E-state index in [4.69, 9.17) is 4.42 Å². The molecule has 2 aromatic carbocycles. The first-order valence-electron chi connectivity index (χ1n) is 6.82. The van der Waals surface area contributed by atoms with E-state index in [9.17, 15) is 13.2 Å². The molecule has 0 unspecified atom stereocenters. The lowest BCUT2D eigenvalue weighted by molar-refractivity contribution is -0.0498. The zero-order valence-electron chi connectivity index (χ0n) is 12.2. The maximum atomic E-state index is 13.2. The minimum Gasteiger partial charge on any atom is -0.435 e. The summed E-state index contributed by atoms with van der Waals surface area (Å²) in [5.41, 5.74) is 1.80. The molecule has 120 valence electrons. The molecule has 0 fully saturated rings. The second-order valence-corrected chi connectivity index (χ2v) is 4.99. The van der Waals surface area contributed by atoms with Crippen LogP contribution >= 0.6 is 0 Å². The first kappa shape index (κ1) is 15.2. The van der Waals surface area contributed by atoms with Gasteiger partial charge in [0.2, 0.25) is 0 Å². The summed E-state index contributed by atoms with van der Waals surface area (Å²) in [6.45, 7) is -2.40. The van der Waals surface area contributed by atoms with Crippen LogP contribution in [0.2, 0.25) is 0 Å². The van der Waals surface area contributed by atoms with Crippen LogP contribution in [0.5, 0.6) is 5.75 Å². The quantitative estimate of drug-likeness (QED) is 0.705. The van der Waals surface area contributed by atoms with Crippen LogP contribution in [0.3, 0.4) is 0 Å². The van der Waals surface area contributed by atoms with Gasteiger partial charge in [-0.25, -0.2) is 4.39 Å². The second kappa shape index (κ2) is 6.20. The van der Waals surface area contributed by atoms with Gasteiger partial charge in [-0.1, -0.05) is 12.1 Å². The van der Waals surface area contributed by atoms with Gasteiger partial charge in [0.15, 0.2) is 5.58 Å². The summed E-state index contributed by atoms with van der Waals surface area (Å²) in [4.78, 5) is 5.96. The summed E-state index contributed by atoms with van der Waals surface area (Å²) in [6, 6.07) is 10.8. The van der Waals surface area contributed by atoms with Gasteiger partial charge in [-0.05, 0) is 29.8 Å². The number of fused-ring (bicyclic) bond motifs is 1. The molecule has 0 amide bonds. The maximum absolute atomic E-state index is 13.2. The van der Waals surface area contributed by atoms with E-state index >= 15 is 0 Å². The SMILES string of the molecule is CN(Cc1ccc(OC(F)F)cc1)c1nc2cc(F)ccc2o1. The van der Waals surface area contributed by atoms with Crippen molar-refractivity contribution in [1.29, 1.82) is 0 Å². The fourth-order valence-corrected chi connectivity index (χ4v) is 2.17. The van der Waals surface area contributed by atoms with Crippen molar-refractivity contribution in [2.45, 2.75) is 13.2 Å². The number of nitrogens with zero attached hydrogens (tertiary/aromatic N) is 2. The highest BCUT2D eigenvalue weighted by Crippen LogP contribution is 2.23. The van der Waals surface area contributed by atoms with E-state index in [0.717, 1.165) is 5.56 Å². The molecule has 3 rings (SSSR count). The van der Waals surface area contributed by atoms with Gasteiger partial charge in [-0.15, -0.1) is 0 Å². The van der Waals surface area contributed by atoms with Gasteiger partial charge in [0.05, 0.1) is 0 Å². The van der Waals surface area contributed by atoms with Crippen LogP contribution in [0.15, 0.2) is 46.9 Å². The number of oxazole rings is 1. The second-order valence-electron chi connectivity index (χ2n) is 4.99. The van der Waals surface area contributed by atoms with Crippen molar-refractivity contribution in [3.8, 4) is 5.75 Å². The van der Waals surface area contributed by atoms with E-state index in [1.165, 1.54) is 30.3 Å². The van der Waals surface area contributed by atoms with E-state index in [1.54, 1.807) is 24.1 Å². The first-order chi connectivity index (χ1) is 11.0. The van der Waals surface area contributed by atoms with Crippen molar-refractivity contribution in [2.24, 2.45) is 0 Å². The number of hydrogen-bond acceptors (Lipinski definition) is 4. The normalized spacial score (nSPS) is 11.2. The molecule has 23 heavy (non-hydrogen) atoms. The molecule has 0 saturated carbocycles. The minimum atomic E-state index is -2.84. The molecule has 0 atom stereocenters. The molecule has 0 aliphatic heterocycles. The number of benzene rings is 2. The van der Waals surface area contributed by atoms with Gasteiger partial charge in [0.1, 0.15) is 17.1 Å². The molecule has 1 aromatic heterocycles. The van der Waals surface area contributed by atoms with Crippen LogP contribution in [0.1, 0.15) is 5.56 Å². The minimum absolute atomic E-state index is 0.101. The average Bonchev–Trinajstić information content (AvgIpc) is 2.92. The number of halogens is 3. The van der Waals surface area contributed by atoms with Crippen molar-refractivity contribution < 1.29 is 22.3 Å². The lowest BCUT2D eigenvalue weighted by Gasteiger charge is -2.14. The molecule has 0 N–H and O–H groups in total. The van der Waals surface area contributed by atoms with Crippen LogP contribution in [0, 0.1) is 5.82 Å². The largest absolute Gasteiger partial charge is 0.435 e. The summed E-state index contributed by atoms with van der Waals surface area (Å²) >= 11 is 0. The van der Waals surface area contributed by atoms with Crippen molar-refractivity contribution in [3.63, 3.8) is 0 Å². The number of aromatic nitrogens is 1. The van der Waals surface area contributed by atoms with Crippen molar-refractivity contribution in [2.75, 3.05) is 11.9 Å². The zero-order valence-corrected chi connectivity index (χ0v) is 12.2. The number of anilines is 1. The molecule has 1 heterocycles. The van der Waals surface area contributed by atoms with Crippen molar-refractivity contribution >= 4 is 17.1 Å². The predicted molar refractivity (Wildman–Crippen MR) is 79.1 cm³/mol. The Morgan fingerprint density at radius 3 is 2.61 bits per heavy atom. The third-order valence-electron chi connectivity index (χ3n) is 3.23. The lowest BCUT2D eigenvalue weighted by atomic mass is 10.2. The van der Waals surface area contributed by atoms with Crippen LogP contribution in [-0.2, 0) is 6.54 Å². The van der Waals surface area contributed by atoms with Crippen molar-refractivity contribution in [1.82, 2.24) is 4.98 Å². The summed E-state index contributed by atoms with van der Waals surface area (Å²) < 4.78 is 47.2. The standard InChI is InChI=1S/C16H13F3N2O2/c1-21(9-10-2-5-12(6-3-10)22-15(18)19)16-20-13-8-11(17)4-7-14(13)23-16/h2-8,15H,9H2,1H3. The van der Waals surface area contributed by atoms with Gasteiger partial charge in [0, 0.05) is 19.7 Å². The van der Waals surface area contributed by atoms with Crippen LogP contribution in [0.4, 0.5) is 19.2 Å². The molecule has 0 aliphatic rings. The van der Waals surface area contributed by atoms with E-state index in [-0.39, 0.29) is 11.6 Å². The Hall–Kier alpha value is -2.70. The molecule has 0 aliphatic carbocycles. The molecule has 0 bridgehead atoms. The number of hydrogen-bond donors (Lipinski definition) is 0. The molecule has 0 saturated heterocycles. The number of ether oxygens (including phenoxy) is 1.